The minimum Gasteiger partial charge on any atom is -0.456 e. The summed E-state index contributed by atoms with van der Waals surface area (Å²) < 4.78 is 69.0. The van der Waals surface area contributed by atoms with Gasteiger partial charge >= 0.3 is 6.18 Å². The lowest BCUT2D eigenvalue weighted by Crippen LogP contribution is -2.18. The van der Waals surface area contributed by atoms with E-state index in [9.17, 15) is 26.4 Å². The van der Waals surface area contributed by atoms with Crippen LogP contribution in [0.15, 0.2) is 59.5 Å². The van der Waals surface area contributed by atoms with Crippen LogP contribution in [0.4, 0.5) is 18.9 Å². The van der Waals surface area contributed by atoms with Gasteiger partial charge in [-0.15, -0.1) is 0 Å². The second-order valence-electron chi connectivity index (χ2n) is 6.88. The Labute approximate surface area is 207 Å². The van der Waals surface area contributed by atoms with Gasteiger partial charge in [0.05, 0.1) is 17.0 Å². The third-order valence-corrected chi connectivity index (χ3v) is 6.34. The molecular formula is C21H14Cl3F3N2O4S. The number of anilines is 1. The molecule has 3 aromatic rings. The normalized spacial score (nSPS) is 11.9. The number of halogens is 6. The average Bonchev–Trinajstić information content (AvgIpc) is 2.70. The van der Waals surface area contributed by atoms with Crippen LogP contribution in [-0.4, -0.2) is 14.3 Å². The number of nitrogens with two attached hydrogens (primary N) is 1. The van der Waals surface area contributed by atoms with E-state index >= 15 is 0 Å². The molecule has 34 heavy (non-hydrogen) atoms. The highest BCUT2D eigenvalue weighted by atomic mass is 35.5. The van der Waals surface area contributed by atoms with Crippen molar-refractivity contribution in [2.75, 3.05) is 5.32 Å². The third-order valence-electron chi connectivity index (χ3n) is 4.39. The molecule has 180 valence electrons. The Balaban J connectivity index is 1.87. The van der Waals surface area contributed by atoms with Gasteiger partial charge in [-0.3, -0.25) is 4.79 Å². The lowest BCUT2D eigenvalue weighted by Gasteiger charge is -2.15. The van der Waals surface area contributed by atoms with Crippen molar-refractivity contribution < 1.29 is 31.1 Å². The minimum atomic E-state index is -4.74. The largest absolute Gasteiger partial charge is 0.456 e. The van der Waals surface area contributed by atoms with Gasteiger partial charge in [-0.1, -0.05) is 40.9 Å². The van der Waals surface area contributed by atoms with Crippen LogP contribution in [0.3, 0.4) is 0 Å². The van der Waals surface area contributed by atoms with E-state index in [2.05, 4.69) is 5.32 Å². The van der Waals surface area contributed by atoms with Crippen molar-refractivity contribution in [3.05, 3.63) is 80.8 Å². The van der Waals surface area contributed by atoms with Crippen LogP contribution in [0.5, 0.6) is 11.5 Å². The van der Waals surface area contributed by atoms with Crippen LogP contribution in [0.25, 0.3) is 0 Å². The summed E-state index contributed by atoms with van der Waals surface area (Å²) >= 11 is 17.7. The maximum atomic E-state index is 13.1. The number of hydrogen-bond donors (Lipinski definition) is 2. The molecule has 0 radical (unpaired) electrons. The Morgan fingerprint density at radius 2 is 1.74 bits per heavy atom. The van der Waals surface area contributed by atoms with Crippen LogP contribution < -0.4 is 15.2 Å². The Kier molecular flexibility index (Phi) is 7.69. The van der Waals surface area contributed by atoms with Gasteiger partial charge in [0, 0.05) is 15.7 Å². The fraction of sp³-hybridized carbons (Fsp3) is 0.0952. The van der Waals surface area contributed by atoms with Crippen molar-refractivity contribution >= 4 is 56.4 Å². The highest BCUT2D eigenvalue weighted by molar-refractivity contribution is 7.89. The molecule has 0 saturated carbocycles. The number of amides is 1. The second-order valence-corrected chi connectivity index (χ2v) is 9.63. The molecule has 0 aliphatic rings. The van der Waals surface area contributed by atoms with Gasteiger partial charge in [0.15, 0.2) is 0 Å². The minimum absolute atomic E-state index is 0.00769. The summed E-state index contributed by atoms with van der Waals surface area (Å²) in [5.41, 5.74) is -1.38. The molecule has 3 N–H and O–H groups in total. The molecule has 0 atom stereocenters. The first-order chi connectivity index (χ1) is 15.8. The molecule has 1 amide bonds. The van der Waals surface area contributed by atoms with Gasteiger partial charge in [-0.05, 0) is 54.1 Å². The molecule has 0 aromatic heterocycles. The number of benzene rings is 3. The highest BCUT2D eigenvalue weighted by Crippen LogP contribution is 2.39. The third kappa shape index (κ3) is 6.34. The van der Waals surface area contributed by atoms with Crippen molar-refractivity contribution in [2.24, 2.45) is 5.14 Å². The van der Waals surface area contributed by atoms with E-state index in [0.717, 1.165) is 12.1 Å². The smallest absolute Gasteiger partial charge is 0.417 e. The predicted molar refractivity (Wildman–Crippen MR) is 123 cm³/mol. The summed E-state index contributed by atoms with van der Waals surface area (Å²) in [6, 6.07) is 11.5. The first kappa shape index (κ1) is 26.1. The van der Waals surface area contributed by atoms with Crippen LogP contribution in [0, 0.1) is 0 Å². The Morgan fingerprint density at radius 3 is 2.35 bits per heavy atom. The van der Waals surface area contributed by atoms with Crippen LogP contribution in [0.2, 0.25) is 15.1 Å². The number of sulfonamides is 1. The van der Waals surface area contributed by atoms with E-state index < -0.39 is 44.0 Å². The van der Waals surface area contributed by atoms with Crippen molar-refractivity contribution in [3.63, 3.8) is 0 Å². The number of primary sulfonamides is 1. The molecule has 0 saturated heterocycles. The highest BCUT2D eigenvalue weighted by Gasteiger charge is 2.34. The zero-order valence-electron chi connectivity index (χ0n) is 16.8. The molecule has 0 aliphatic heterocycles. The van der Waals surface area contributed by atoms with Gasteiger partial charge in [0.25, 0.3) is 0 Å². The fourth-order valence-electron chi connectivity index (χ4n) is 2.89. The maximum absolute atomic E-state index is 13.1. The van der Waals surface area contributed by atoms with Crippen LogP contribution >= 0.6 is 34.8 Å². The molecule has 3 aromatic carbocycles. The summed E-state index contributed by atoms with van der Waals surface area (Å²) in [5.74, 6) is -0.693. The first-order valence-electron chi connectivity index (χ1n) is 9.20. The SMILES string of the molecule is NS(=O)(=O)c1cc(NC(=O)Cc2c(Cl)ccc(C(F)(F)F)c2Cl)ccc1Oc1cccc(Cl)c1. The number of carbonyl (C=O) groups excluding carboxylic acids is 1. The molecule has 0 unspecified atom stereocenters. The van der Waals surface area contributed by atoms with E-state index in [0.29, 0.717) is 11.1 Å². The number of hydrogen-bond acceptors (Lipinski definition) is 4. The lowest BCUT2D eigenvalue weighted by molar-refractivity contribution is -0.137. The Hall–Kier alpha value is -2.50. The van der Waals surface area contributed by atoms with E-state index in [1.165, 1.54) is 24.3 Å². The zero-order chi connectivity index (χ0) is 25.3. The summed E-state index contributed by atoms with van der Waals surface area (Å²) in [6.07, 6.45) is -5.34. The van der Waals surface area contributed by atoms with Gasteiger partial charge in [0.2, 0.25) is 15.9 Å². The molecule has 0 heterocycles. The van der Waals surface area contributed by atoms with Crippen LogP contribution in [0.1, 0.15) is 11.1 Å². The Bertz CT molecular complexity index is 1370. The molecule has 13 heteroatoms. The number of ether oxygens (including phenoxy) is 1. The number of alkyl halides is 3. The Morgan fingerprint density at radius 1 is 1.03 bits per heavy atom. The summed E-state index contributed by atoms with van der Waals surface area (Å²) in [5, 5.41) is 7.17. The van der Waals surface area contributed by atoms with Gasteiger partial charge in [-0.25, -0.2) is 13.6 Å². The molecule has 3 rings (SSSR count). The number of rotatable bonds is 6. The molecule has 0 bridgehead atoms. The molecule has 0 fully saturated rings. The van der Waals surface area contributed by atoms with E-state index in [-0.39, 0.29) is 27.8 Å². The second kappa shape index (κ2) is 10.0. The predicted octanol–water partition coefficient (Wildman–Crippen LogP) is 6.29. The summed E-state index contributed by atoms with van der Waals surface area (Å²) in [7, 11) is -4.29. The van der Waals surface area contributed by atoms with Crippen molar-refractivity contribution in [1.29, 1.82) is 0 Å². The zero-order valence-corrected chi connectivity index (χ0v) is 19.9. The summed E-state index contributed by atoms with van der Waals surface area (Å²) in [6.45, 7) is 0. The number of nitrogens with one attached hydrogen (secondary N) is 1. The van der Waals surface area contributed by atoms with E-state index in [1.807, 2.05) is 0 Å². The maximum Gasteiger partial charge on any atom is 0.417 e. The summed E-state index contributed by atoms with van der Waals surface area (Å²) in [4.78, 5) is 12.0. The molecule has 0 aliphatic carbocycles. The first-order valence-corrected chi connectivity index (χ1v) is 11.9. The monoisotopic (exact) mass is 552 g/mol. The van der Waals surface area contributed by atoms with Crippen molar-refractivity contribution in [3.8, 4) is 11.5 Å². The standard InChI is InChI=1S/C21H14Cl3F3N2O4S/c22-11-2-1-3-13(8-11)33-17-7-4-12(9-18(17)34(28,31)32)29-19(30)10-14-16(23)6-5-15(20(14)24)21(25,26)27/h1-9H,10H2,(H,29,30)(H2,28,31,32). The van der Waals surface area contributed by atoms with Crippen molar-refractivity contribution in [1.82, 2.24) is 0 Å². The van der Waals surface area contributed by atoms with Gasteiger partial charge in [-0.2, -0.15) is 13.2 Å². The average molecular weight is 554 g/mol. The van der Waals surface area contributed by atoms with E-state index in [1.54, 1.807) is 12.1 Å². The molecular weight excluding hydrogens is 540 g/mol. The molecule has 6 nitrogen and oxygen atoms in total. The fourth-order valence-corrected chi connectivity index (χ4v) is 4.37. The van der Waals surface area contributed by atoms with E-state index in [4.69, 9.17) is 44.7 Å². The topological polar surface area (TPSA) is 98.5 Å². The quantitative estimate of drug-likeness (QED) is 0.375. The van der Waals surface area contributed by atoms with Gasteiger partial charge in [0.1, 0.15) is 16.4 Å². The van der Waals surface area contributed by atoms with Crippen molar-refractivity contribution in [2.45, 2.75) is 17.5 Å². The molecule has 0 spiro atoms. The van der Waals surface area contributed by atoms with Gasteiger partial charge < -0.3 is 10.1 Å². The van der Waals surface area contributed by atoms with Crippen LogP contribution in [-0.2, 0) is 27.4 Å². The lowest BCUT2D eigenvalue weighted by atomic mass is 10.1. The number of carbonyl (C=O) groups is 1.